The van der Waals surface area contributed by atoms with Crippen molar-refractivity contribution in [2.75, 3.05) is 19.7 Å². The van der Waals surface area contributed by atoms with E-state index in [0.717, 1.165) is 12.8 Å². The van der Waals surface area contributed by atoms with Crippen molar-refractivity contribution in [3.8, 4) is 0 Å². The molecule has 0 aromatic heterocycles. The third-order valence-corrected chi connectivity index (χ3v) is 4.04. The highest BCUT2D eigenvalue weighted by atomic mass is 16.5. The number of urea groups is 1. The normalized spacial score (nSPS) is 18.3. The number of aliphatic hydroxyl groups excluding tert-OH is 1. The minimum Gasteiger partial charge on any atom is -0.393 e. The maximum Gasteiger partial charge on any atom is 0.314 e. The zero-order chi connectivity index (χ0) is 15.5. The van der Waals surface area contributed by atoms with Gasteiger partial charge in [-0.25, -0.2) is 4.79 Å². The van der Waals surface area contributed by atoms with E-state index in [9.17, 15) is 9.90 Å². The first kappa shape index (κ1) is 18.2. The van der Waals surface area contributed by atoms with Gasteiger partial charge in [0.1, 0.15) is 0 Å². The van der Waals surface area contributed by atoms with Gasteiger partial charge in [0.25, 0.3) is 0 Å². The molecule has 2 amide bonds. The minimum atomic E-state index is -0.358. The number of hydrogen-bond acceptors (Lipinski definition) is 3. The second kappa shape index (κ2) is 10.9. The van der Waals surface area contributed by atoms with E-state index in [1.807, 2.05) is 13.8 Å². The Morgan fingerprint density at radius 2 is 1.76 bits per heavy atom. The number of rotatable bonds is 8. The monoisotopic (exact) mass is 300 g/mol. The van der Waals surface area contributed by atoms with Crippen molar-refractivity contribution >= 4 is 6.03 Å². The Labute approximate surface area is 128 Å². The van der Waals surface area contributed by atoms with Crippen molar-refractivity contribution in [1.29, 1.82) is 0 Å². The van der Waals surface area contributed by atoms with Gasteiger partial charge in [0.15, 0.2) is 0 Å². The van der Waals surface area contributed by atoms with Gasteiger partial charge in [0.05, 0.1) is 18.8 Å². The van der Waals surface area contributed by atoms with Crippen LogP contribution in [0.2, 0.25) is 0 Å². The van der Waals surface area contributed by atoms with Gasteiger partial charge in [-0.1, -0.05) is 39.5 Å². The number of carbonyl (C=O) groups excluding carboxylic acids is 1. The molecule has 0 spiro atoms. The van der Waals surface area contributed by atoms with Crippen molar-refractivity contribution in [3.05, 3.63) is 0 Å². The Morgan fingerprint density at radius 1 is 1.14 bits per heavy atom. The van der Waals surface area contributed by atoms with E-state index in [1.165, 1.54) is 25.7 Å². The predicted molar refractivity (Wildman–Crippen MR) is 84.3 cm³/mol. The molecule has 1 saturated carbocycles. The lowest BCUT2D eigenvalue weighted by molar-refractivity contribution is 0.0460. The first-order chi connectivity index (χ1) is 10.1. The van der Waals surface area contributed by atoms with Crippen LogP contribution in [0.5, 0.6) is 0 Å². The van der Waals surface area contributed by atoms with E-state index in [1.54, 1.807) is 0 Å². The Morgan fingerprint density at radius 3 is 2.38 bits per heavy atom. The summed E-state index contributed by atoms with van der Waals surface area (Å²) in [5.74, 6) is 0.225. The summed E-state index contributed by atoms with van der Waals surface area (Å²) in [4.78, 5) is 11.5. The fraction of sp³-hybridized carbons (Fsp3) is 0.938. The summed E-state index contributed by atoms with van der Waals surface area (Å²) in [6, 6.07) is -0.185. The van der Waals surface area contributed by atoms with Crippen molar-refractivity contribution in [3.63, 3.8) is 0 Å². The van der Waals surface area contributed by atoms with Crippen LogP contribution in [0.4, 0.5) is 4.79 Å². The standard InChI is InChI=1S/C16H32N2O3/c1-13(2)15(19)9-10-17-16(20)18-11-12-21-14-7-5-3-4-6-8-14/h13-15,19H,3-12H2,1-2H3,(H2,17,18,20). The van der Waals surface area contributed by atoms with Gasteiger partial charge in [-0.05, 0) is 25.2 Å². The van der Waals surface area contributed by atoms with Crippen LogP contribution >= 0.6 is 0 Å². The molecule has 0 radical (unpaired) electrons. The lowest BCUT2D eigenvalue weighted by Gasteiger charge is -2.16. The van der Waals surface area contributed by atoms with Gasteiger partial charge in [-0.3, -0.25) is 0 Å². The summed E-state index contributed by atoms with van der Waals surface area (Å²) in [6.07, 6.45) is 8.07. The average Bonchev–Trinajstić information content (AvgIpc) is 2.72. The fourth-order valence-corrected chi connectivity index (χ4v) is 2.53. The molecule has 5 nitrogen and oxygen atoms in total. The Balaban J connectivity index is 1.97. The molecule has 1 unspecified atom stereocenters. The largest absolute Gasteiger partial charge is 0.393 e. The second-order valence-corrected chi connectivity index (χ2v) is 6.27. The molecule has 1 atom stereocenters. The van der Waals surface area contributed by atoms with E-state index in [2.05, 4.69) is 10.6 Å². The van der Waals surface area contributed by atoms with Crippen molar-refractivity contribution < 1.29 is 14.6 Å². The summed E-state index contributed by atoms with van der Waals surface area (Å²) in [6.45, 7) is 5.54. The molecule has 0 aromatic carbocycles. The highest BCUT2D eigenvalue weighted by molar-refractivity contribution is 5.73. The minimum absolute atomic E-state index is 0.185. The first-order valence-electron chi connectivity index (χ1n) is 8.41. The van der Waals surface area contributed by atoms with Gasteiger partial charge >= 0.3 is 6.03 Å². The van der Waals surface area contributed by atoms with Gasteiger partial charge in [-0.15, -0.1) is 0 Å². The zero-order valence-corrected chi connectivity index (χ0v) is 13.6. The molecule has 21 heavy (non-hydrogen) atoms. The second-order valence-electron chi connectivity index (χ2n) is 6.27. The summed E-state index contributed by atoms with van der Waals surface area (Å²) in [5, 5.41) is 15.2. The topological polar surface area (TPSA) is 70.6 Å². The van der Waals surface area contributed by atoms with Crippen molar-refractivity contribution in [2.45, 2.75) is 71.0 Å². The molecule has 0 saturated heterocycles. The number of amides is 2. The predicted octanol–water partition coefficient (Wildman–Crippen LogP) is 2.43. The lowest BCUT2D eigenvalue weighted by atomic mass is 10.0. The van der Waals surface area contributed by atoms with Crippen LogP contribution in [-0.2, 0) is 4.74 Å². The van der Waals surface area contributed by atoms with Crippen LogP contribution in [0.3, 0.4) is 0 Å². The Kier molecular flexibility index (Phi) is 9.42. The van der Waals surface area contributed by atoms with Crippen molar-refractivity contribution in [1.82, 2.24) is 10.6 Å². The SMILES string of the molecule is CC(C)C(O)CCNC(=O)NCCOC1CCCCCC1. The van der Waals surface area contributed by atoms with Crippen LogP contribution in [0.1, 0.15) is 58.8 Å². The number of aliphatic hydroxyl groups is 1. The molecule has 3 N–H and O–H groups in total. The highest BCUT2D eigenvalue weighted by Crippen LogP contribution is 2.19. The molecule has 1 fully saturated rings. The molecular weight excluding hydrogens is 268 g/mol. The number of carbonyl (C=O) groups is 1. The molecular formula is C16H32N2O3. The Hall–Kier alpha value is -0.810. The van der Waals surface area contributed by atoms with Gasteiger partial charge < -0.3 is 20.5 Å². The molecule has 0 bridgehead atoms. The maximum atomic E-state index is 11.5. The van der Waals surface area contributed by atoms with Gasteiger partial charge in [-0.2, -0.15) is 0 Å². The molecule has 1 aliphatic rings. The van der Waals surface area contributed by atoms with Crippen molar-refractivity contribution in [2.24, 2.45) is 5.92 Å². The number of ether oxygens (including phenoxy) is 1. The molecule has 0 heterocycles. The fourth-order valence-electron chi connectivity index (χ4n) is 2.53. The first-order valence-corrected chi connectivity index (χ1v) is 8.41. The molecule has 5 heteroatoms. The van der Waals surface area contributed by atoms with Crippen LogP contribution in [0, 0.1) is 5.92 Å². The van der Waals surface area contributed by atoms with Crippen LogP contribution in [-0.4, -0.2) is 43.0 Å². The molecule has 1 rings (SSSR count). The molecule has 0 aliphatic heterocycles. The number of hydrogen-bond donors (Lipinski definition) is 3. The quantitative estimate of drug-likeness (QED) is 0.476. The summed E-state index contributed by atoms with van der Waals surface area (Å²) in [7, 11) is 0. The van der Waals surface area contributed by atoms with E-state index >= 15 is 0 Å². The van der Waals surface area contributed by atoms with E-state index in [4.69, 9.17) is 4.74 Å². The summed E-state index contributed by atoms with van der Waals surface area (Å²) in [5.41, 5.74) is 0. The average molecular weight is 300 g/mol. The zero-order valence-electron chi connectivity index (χ0n) is 13.6. The number of nitrogens with one attached hydrogen (secondary N) is 2. The lowest BCUT2D eigenvalue weighted by Crippen LogP contribution is -2.39. The molecule has 0 aromatic rings. The third kappa shape index (κ3) is 8.94. The van der Waals surface area contributed by atoms with Crippen LogP contribution in [0.25, 0.3) is 0 Å². The summed E-state index contributed by atoms with van der Waals surface area (Å²) >= 11 is 0. The van der Waals surface area contributed by atoms with E-state index < -0.39 is 0 Å². The van der Waals surface area contributed by atoms with Gasteiger partial charge in [0, 0.05) is 13.1 Å². The Bertz CT molecular complexity index is 277. The summed E-state index contributed by atoms with van der Waals surface area (Å²) < 4.78 is 5.80. The molecule has 124 valence electrons. The smallest absolute Gasteiger partial charge is 0.314 e. The highest BCUT2D eigenvalue weighted by Gasteiger charge is 2.12. The maximum absolute atomic E-state index is 11.5. The van der Waals surface area contributed by atoms with Gasteiger partial charge in [0.2, 0.25) is 0 Å². The van der Waals surface area contributed by atoms with Crippen LogP contribution < -0.4 is 10.6 Å². The van der Waals surface area contributed by atoms with Crippen LogP contribution in [0.15, 0.2) is 0 Å². The van der Waals surface area contributed by atoms with E-state index in [0.29, 0.717) is 32.2 Å². The van der Waals surface area contributed by atoms with E-state index in [-0.39, 0.29) is 18.1 Å². The third-order valence-electron chi connectivity index (χ3n) is 4.04. The molecule has 1 aliphatic carbocycles.